The molecule has 0 aliphatic heterocycles. The molecule has 0 aromatic heterocycles. The molecule has 0 spiro atoms. The van der Waals surface area contributed by atoms with E-state index in [-0.39, 0.29) is 11.5 Å². The fourth-order valence-electron chi connectivity index (χ4n) is 0.939. The van der Waals surface area contributed by atoms with Crippen LogP contribution in [-0.2, 0) is 0 Å². The molecule has 0 bridgehead atoms. The van der Waals surface area contributed by atoms with Crippen LogP contribution in [0.15, 0.2) is 21.7 Å². The standard InChI is InChI=1S/C7H4Cl3F3/c8-3-1-4(7(11,12)13)6(10)5(9)2-3/h1,3H,2H2. The highest BCUT2D eigenvalue weighted by Gasteiger charge is 2.38. The van der Waals surface area contributed by atoms with Crippen molar-refractivity contribution in [1.29, 1.82) is 0 Å². The minimum atomic E-state index is -4.50. The quantitative estimate of drug-likeness (QED) is 0.567. The predicted octanol–water partition coefficient (Wildman–Crippen LogP) is 4.18. The summed E-state index contributed by atoms with van der Waals surface area (Å²) >= 11 is 16.4. The number of alkyl halides is 4. The van der Waals surface area contributed by atoms with E-state index in [4.69, 9.17) is 34.8 Å². The molecule has 0 fully saturated rings. The Morgan fingerprint density at radius 2 is 1.85 bits per heavy atom. The van der Waals surface area contributed by atoms with Gasteiger partial charge >= 0.3 is 6.18 Å². The normalized spacial score (nSPS) is 24.8. The Hall–Kier alpha value is 0.140. The van der Waals surface area contributed by atoms with Gasteiger partial charge in [0.15, 0.2) is 0 Å². The van der Waals surface area contributed by atoms with Gasteiger partial charge in [0.1, 0.15) is 0 Å². The average molecular weight is 251 g/mol. The molecular weight excluding hydrogens is 247 g/mol. The predicted molar refractivity (Wildman–Crippen MR) is 47.1 cm³/mol. The molecule has 1 aliphatic rings. The van der Waals surface area contributed by atoms with Crippen molar-refractivity contribution in [2.24, 2.45) is 0 Å². The molecule has 1 atom stereocenters. The van der Waals surface area contributed by atoms with Crippen molar-refractivity contribution in [2.75, 3.05) is 0 Å². The number of halogens is 6. The van der Waals surface area contributed by atoms with Gasteiger partial charge in [-0.05, 0) is 0 Å². The Balaban J connectivity index is 3.08. The van der Waals surface area contributed by atoms with E-state index in [0.29, 0.717) is 0 Å². The number of hydrogen-bond acceptors (Lipinski definition) is 0. The molecule has 6 heteroatoms. The summed E-state index contributed by atoms with van der Waals surface area (Å²) in [5, 5.41) is -1.24. The molecule has 0 saturated carbocycles. The lowest BCUT2D eigenvalue weighted by atomic mass is 10.1. The van der Waals surface area contributed by atoms with Crippen LogP contribution in [0.1, 0.15) is 6.42 Å². The molecule has 0 radical (unpaired) electrons. The van der Waals surface area contributed by atoms with Crippen molar-refractivity contribution in [3.63, 3.8) is 0 Å². The minimum Gasteiger partial charge on any atom is -0.166 e. The molecule has 0 nitrogen and oxygen atoms in total. The molecule has 0 amide bonds. The van der Waals surface area contributed by atoms with Crippen LogP contribution < -0.4 is 0 Å². The molecule has 0 aromatic rings. The third-order valence-corrected chi connectivity index (χ3v) is 2.65. The van der Waals surface area contributed by atoms with Crippen molar-refractivity contribution >= 4 is 34.8 Å². The van der Waals surface area contributed by atoms with Crippen LogP contribution in [-0.4, -0.2) is 11.6 Å². The zero-order valence-electron chi connectivity index (χ0n) is 6.13. The Morgan fingerprint density at radius 3 is 2.31 bits per heavy atom. The first-order valence-corrected chi connectivity index (χ1v) is 4.49. The SMILES string of the molecule is FC(F)(F)C1=CC(Cl)CC(Cl)=C1Cl. The summed E-state index contributed by atoms with van der Waals surface area (Å²) in [5.74, 6) is 0. The van der Waals surface area contributed by atoms with E-state index in [0.717, 1.165) is 6.08 Å². The third-order valence-electron chi connectivity index (χ3n) is 1.50. The first kappa shape index (κ1) is 11.2. The summed E-state index contributed by atoms with van der Waals surface area (Å²) in [4.78, 5) is 0. The molecule has 1 unspecified atom stereocenters. The van der Waals surface area contributed by atoms with Crippen molar-refractivity contribution in [3.05, 3.63) is 21.7 Å². The minimum absolute atomic E-state index is 0.0449. The fraction of sp³-hybridized carbons (Fsp3) is 0.429. The van der Waals surface area contributed by atoms with E-state index in [1.807, 2.05) is 0 Å². The molecular formula is C7H4Cl3F3. The molecule has 1 aliphatic carbocycles. The Bertz CT molecular complexity index is 277. The van der Waals surface area contributed by atoms with E-state index in [2.05, 4.69) is 0 Å². The first-order chi connectivity index (χ1) is 5.82. The number of hydrogen-bond donors (Lipinski definition) is 0. The molecule has 0 aromatic carbocycles. The highest BCUT2D eigenvalue weighted by molar-refractivity contribution is 6.41. The summed E-state index contributed by atoms with van der Waals surface area (Å²) < 4.78 is 36.7. The van der Waals surface area contributed by atoms with Gasteiger partial charge in [-0.3, -0.25) is 0 Å². The van der Waals surface area contributed by atoms with Crippen LogP contribution in [0.4, 0.5) is 13.2 Å². The lowest BCUT2D eigenvalue weighted by molar-refractivity contribution is -0.0891. The Labute approximate surface area is 88.0 Å². The van der Waals surface area contributed by atoms with Crippen LogP contribution in [0, 0.1) is 0 Å². The zero-order chi connectivity index (χ0) is 10.2. The summed E-state index contributed by atoms with van der Waals surface area (Å²) in [7, 11) is 0. The van der Waals surface area contributed by atoms with Gasteiger partial charge in [0.05, 0.1) is 16.0 Å². The van der Waals surface area contributed by atoms with E-state index in [1.165, 1.54) is 0 Å². The Kier molecular flexibility index (Phi) is 3.20. The summed E-state index contributed by atoms with van der Waals surface area (Å²) in [6, 6.07) is 0. The summed E-state index contributed by atoms with van der Waals surface area (Å²) in [6.07, 6.45) is -3.48. The van der Waals surface area contributed by atoms with E-state index < -0.39 is 22.2 Å². The fourth-order valence-corrected chi connectivity index (χ4v) is 1.81. The monoisotopic (exact) mass is 250 g/mol. The van der Waals surface area contributed by atoms with Gasteiger partial charge in [0.2, 0.25) is 0 Å². The highest BCUT2D eigenvalue weighted by atomic mass is 35.5. The maximum atomic E-state index is 12.2. The van der Waals surface area contributed by atoms with E-state index in [9.17, 15) is 13.2 Å². The van der Waals surface area contributed by atoms with Gasteiger partial charge in [-0.2, -0.15) is 13.2 Å². The second-order valence-electron chi connectivity index (χ2n) is 2.52. The van der Waals surface area contributed by atoms with Crippen LogP contribution in [0.25, 0.3) is 0 Å². The zero-order valence-corrected chi connectivity index (χ0v) is 8.40. The second-order valence-corrected chi connectivity index (χ2v) is 3.91. The number of rotatable bonds is 0. The van der Waals surface area contributed by atoms with E-state index >= 15 is 0 Å². The molecule has 0 heterocycles. The molecule has 0 saturated heterocycles. The Morgan fingerprint density at radius 1 is 1.31 bits per heavy atom. The van der Waals surface area contributed by atoms with Gasteiger partial charge < -0.3 is 0 Å². The number of allylic oxidation sites excluding steroid dienone is 4. The van der Waals surface area contributed by atoms with Gasteiger partial charge in [0, 0.05) is 11.5 Å². The third kappa shape index (κ3) is 2.55. The first-order valence-electron chi connectivity index (χ1n) is 3.30. The summed E-state index contributed by atoms with van der Waals surface area (Å²) in [5.41, 5.74) is -0.953. The maximum Gasteiger partial charge on any atom is 0.417 e. The smallest absolute Gasteiger partial charge is 0.166 e. The van der Waals surface area contributed by atoms with Gasteiger partial charge in [-0.25, -0.2) is 0 Å². The van der Waals surface area contributed by atoms with Crippen molar-refractivity contribution < 1.29 is 13.2 Å². The molecule has 13 heavy (non-hydrogen) atoms. The molecule has 74 valence electrons. The van der Waals surface area contributed by atoms with Crippen molar-refractivity contribution in [1.82, 2.24) is 0 Å². The lowest BCUT2D eigenvalue weighted by Gasteiger charge is -2.19. The average Bonchev–Trinajstić information content (AvgIpc) is 1.94. The topological polar surface area (TPSA) is 0 Å². The van der Waals surface area contributed by atoms with Crippen LogP contribution in [0.2, 0.25) is 0 Å². The highest BCUT2D eigenvalue weighted by Crippen LogP contribution is 2.41. The van der Waals surface area contributed by atoms with Gasteiger partial charge in [-0.15, -0.1) is 11.6 Å². The molecule has 1 rings (SSSR count). The van der Waals surface area contributed by atoms with Crippen molar-refractivity contribution in [2.45, 2.75) is 18.0 Å². The van der Waals surface area contributed by atoms with Gasteiger partial charge in [-0.1, -0.05) is 29.3 Å². The van der Waals surface area contributed by atoms with Crippen LogP contribution >= 0.6 is 34.8 Å². The largest absolute Gasteiger partial charge is 0.417 e. The van der Waals surface area contributed by atoms with Crippen LogP contribution in [0.3, 0.4) is 0 Å². The molecule has 0 N–H and O–H groups in total. The lowest BCUT2D eigenvalue weighted by Crippen LogP contribution is -2.17. The van der Waals surface area contributed by atoms with E-state index in [1.54, 1.807) is 0 Å². The maximum absolute atomic E-state index is 12.2. The van der Waals surface area contributed by atoms with Crippen molar-refractivity contribution in [3.8, 4) is 0 Å². The summed E-state index contributed by atoms with van der Waals surface area (Å²) in [6.45, 7) is 0. The van der Waals surface area contributed by atoms with Gasteiger partial charge in [0.25, 0.3) is 0 Å². The van der Waals surface area contributed by atoms with Crippen LogP contribution in [0.5, 0.6) is 0 Å². The second kappa shape index (κ2) is 3.71.